The monoisotopic (exact) mass is 414 g/mol. The number of amides is 1. The van der Waals surface area contributed by atoms with Crippen molar-refractivity contribution in [1.82, 2.24) is 4.90 Å². The molecule has 2 aromatic rings. The third kappa shape index (κ3) is 4.84. The summed E-state index contributed by atoms with van der Waals surface area (Å²) in [5.41, 5.74) is 1.64. The summed E-state index contributed by atoms with van der Waals surface area (Å²) in [5, 5.41) is 10.6. The number of hydrogen-bond acceptors (Lipinski definition) is 5. The Hall–Kier alpha value is -2.80. The van der Waals surface area contributed by atoms with Gasteiger partial charge < -0.3 is 24.4 Å². The Morgan fingerprint density at radius 2 is 1.90 bits per heavy atom. The molecule has 0 bridgehead atoms. The number of aliphatic hydroxyl groups is 1. The molecule has 4 rings (SSSR count). The number of carbonyl (C=O) groups excluding carboxylic acids is 1. The highest BCUT2D eigenvalue weighted by Crippen LogP contribution is 2.33. The van der Waals surface area contributed by atoms with E-state index in [0.717, 1.165) is 29.8 Å². The zero-order valence-electron chi connectivity index (χ0n) is 17.1. The van der Waals surface area contributed by atoms with E-state index >= 15 is 0 Å². The first-order chi connectivity index (χ1) is 14.5. The van der Waals surface area contributed by atoms with Gasteiger partial charge in [0.05, 0.1) is 7.11 Å². The van der Waals surface area contributed by atoms with Gasteiger partial charge in [-0.25, -0.2) is 4.39 Å². The van der Waals surface area contributed by atoms with Crippen LogP contribution < -0.4 is 14.4 Å². The number of hydrogen-bond donors (Lipinski definition) is 1. The molecule has 30 heavy (non-hydrogen) atoms. The molecule has 0 saturated heterocycles. The van der Waals surface area contributed by atoms with E-state index in [1.807, 2.05) is 9.80 Å². The molecule has 6 nitrogen and oxygen atoms in total. The number of ether oxygens (including phenoxy) is 2. The van der Waals surface area contributed by atoms with Crippen molar-refractivity contribution in [2.24, 2.45) is 0 Å². The molecule has 2 aliphatic rings. The summed E-state index contributed by atoms with van der Waals surface area (Å²) in [4.78, 5) is 16.5. The molecule has 160 valence electrons. The van der Waals surface area contributed by atoms with E-state index in [9.17, 15) is 14.3 Å². The van der Waals surface area contributed by atoms with Gasteiger partial charge >= 0.3 is 0 Å². The first kappa shape index (κ1) is 20.5. The van der Waals surface area contributed by atoms with Crippen LogP contribution in [0.15, 0.2) is 42.5 Å². The van der Waals surface area contributed by atoms with Crippen molar-refractivity contribution in [3.8, 4) is 11.5 Å². The van der Waals surface area contributed by atoms with Crippen molar-refractivity contribution >= 4 is 11.6 Å². The van der Waals surface area contributed by atoms with Crippen LogP contribution in [0.3, 0.4) is 0 Å². The Labute approximate surface area is 175 Å². The molecule has 1 heterocycles. The SMILES string of the molecule is COc1ccc(OCC(O)CN2CCC(=O)N(C3CC3)Cc3cc(F)ccc32)cc1. The number of nitrogens with zero attached hydrogens (tertiary/aromatic N) is 2. The molecule has 0 aromatic heterocycles. The summed E-state index contributed by atoms with van der Waals surface area (Å²) in [6.07, 6.45) is 1.64. The van der Waals surface area contributed by atoms with E-state index in [2.05, 4.69) is 0 Å². The van der Waals surface area contributed by atoms with Gasteiger partial charge in [-0.15, -0.1) is 0 Å². The molecular weight excluding hydrogens is 387 g/mol. The van der Waals surface area contributed by atoms with Gasteiger partial charge in [0.15, 0.2) is 0 Å². The normalized spacial score (nSPS) is 17.8. The predicted octanol–water partition coefficient (Wildman–Crippen LogP) is 2.98. The molecule has 1 amide bonds. The maximum absolute atomic E-state index is 13.9. The van der Waals surface area contributed by atoms with E-state index < -0.39 is 6.10 Å². The van der Waals surface area contributed by atoms with E-state index in [-0.39, 0.29) is 24.4 Å². The van der Waals surface area contributed by atoms with Crippen LogP contribution in [-0.4, -0.2) is 54.9 Å². The molecule has 1 unspecified atom stereocenters. The molecule has 1 fully saturated rings. The fraction of sp³-hybridized carbons (Fsp3) is 0.435. The number of halogens is 1. The standard InChI is InChI=1S/C23H27FN2O4/c1-29-20-5-7-21(8-6-20)30-15-19(27)14-25-11-10-23(28)26(18-3-4-18)13-16-12-17(24)2-9-22(16)25/h2,5-9,12,18-19,27H,3-4,10-11,13-15H2,1H3. The lowest BCUT2D eigenvalue weighted by Crippen LogP contribution is -2.42. The fourth-order valence-corrected chi connectivity index (χ4v) is 3.84. The molecule has 1 N–H and O–H groups in total. The maximum Gasteiger partial charge on any atom is 0.224 e. The Morgan fingerprint density at radius 3 is 2.60 bits per heavy atom. The van der Waals surface area contributed by atoms with Gasteiger partial charge in [0.2, 0.25) is 5.91 Å². The average Bonchev–Trinajstić information content (AvgIpc) is 3.58. The quantitative estimate of drug-likeness (QED) is 0.755. The summed E-state index contributed by atoms with van der Waals surface area (Å²) in [6.45, 7) is 1.29. The van der Waals surface area contributed by atoms with Crippen LogP contribution in [0.4, 0.5) is 10.1 Å². The summed E-state index contributed by atoms with van der Waals surface area (Å²) in [7, 11) is 1.60. The van der Waals surface area contributed by atoms with Gasteiger partial charge in [-0.2, -0.15) is 0 Å². The highest BCUT2D eigenvalue weighted by Gasteiger charge is 2.34. The zero-order valence-corrected chi connectivity index (χ0v) is 17.1. The van der Waals surface area contributed by atoms with E-state index in [4.69, 9.17) is 9.47 Å². The smallest absolute Gasteiger partial charge is 0.224 e. The Balaban J connectivity index is 1.44. The molecule has 1 aliphatic heterocycles. The van der Waals surface area contributed by atoms with Gasteiger partial charge in [-0.05, 0) is 60.9 Å². The number of β-amino-alcohol motifs (C(OH)–C–C–N with tert-alkyl or cyclic N) is 1. The molecule has 1 aliphatic carbocycles. The summed E-state index contributed by atoms with van der Waals surface area (Å²) in [5.74, 6) is 1.14. The van der Waals surface area contributed by atoms with Gasteiger partial charge in [0.25, 0.3) is 0 Å². The molecule has 0 spiro atoms. The van der Waals surface area contributed by atoms with Crippen LogP contribution >= 0.6 is 0 Å². The van der Waals surface area contributed by atoms with Crippen LogP contribution in [0.5, 0.6) is 11.5 Å². The highest BCUT2D eigenvalue weighted by molar-refractivity contribution is 5.78. The minimum absolute atomic E-state index is 0.0846. The lowest BCUT2D eigenvalue weighted by molar-refractivity contribution is -0.132. The van der Waals surface area contributed by atoms with Gasteiger partial charge in [-0.1, -0.05) is 0 Å². The van der Waals surface area contributed by atoms with Crippen molar-refractivity contribution in [3.05, 3.63) is 53.8 Å². The largest absolute Gasteiger partial charge is 0.497 e. The van der Waals surface area contributed by atoms with Crippen molar-refractivity contribution < 1.29 is 23.8 Å². The van der Waals surface area contributed by atoms with Gasteiger partial charge in [-0.3, -0.25) is 4.79 Å². The van der Waals surface area contributed by atoms with E-state index in [1.54, 1.807) is 37.4 Å². The van der Waals surface area contributed by atoms with Crippen LogP contribution in [0.25, 0.3) is 0 Å². The summed E-state index contributed by atoms with van der Waals surface area (Å²) in [6, 6.07) is 12.1. The van der Waals surface area contributed by atoms with Crippen LogP contribution in [0, 0.1) is 5.82 Å². The summed E-state index contributed by atoms with van der Waals surface area (Å²) >= 11 is 0. The lowest BCUT2D eigenvalue weighted by Gasteiger charge is -2.34. The Morgan fingerprint density at radius 1 is 1.17 bits per heavy atom. The number of fused-ring (bicyclic) bond motifs is 1. The Bertz CT molecular complexity index is 885. The molecule has 1 saturated carbocycles. The van der Waals surface area contributed by atoms with Gasteiger partial charge in [0, 0.05) is 37.8 Å². The van der Waals surface area contributed by atoms with E-state index in [0.29, 0.717) is 31.8 Å². The number of carbonyl (C=O) groups is 1. The van der Waals surface area contributed by atoms with Crippen molar-refractivity contribution in [2.75, 3.05) is 31.7 Å². The number of benzene rings is 2. The highest BCUT2D eigenvalue weighted by atomic mass is 19.1. The molecular formula is C23H27FN2O4. The van der Waals surface area contributed by atoms with E-state index in [1.165, 1.54) is 12.1 Å². The minimum atomic E-state index is -0.765. The number of rotatable bonds is 7. The van der Waals surface area contributed by atoms with Crippen molar-refractivity contribution in [3.63, 3.8) is 0 Å². The number of methoxy groups -OCH3 is 1. The molecule has 2 aromatic carbocycles. The second kappa shape index (κ2) is 8.92. The molecule has 7 heteroatoms. The maximum atomic E-state index is 13.9. The average molecular weight is 414 g/mol. The van der Waals surface area contributed by atoms with Crippen LogP contribution in [0.1, 0.15) is 24.8 Å². The summed E-state index contributed by atoms with van der Waals surface area (Å²) < 4.78 is 24.7. The Kier molecular flexibility index (Phi) is 6.08. The molecule has 0 radical (unpaired) electrons. The second-order valence-corrected chi connectivity index (χ2v) is 7.86. The zero-order chi connectivity index (χ0) is 21.1. The van der Waals surface area contributed by atoms with Gasteiger partial charge in [0.1, 0.15) is 30.0 Å². The first-order valence-electron chi connectivity index (χ1n) is 10.3. The molecule has 1 atom stereocenters. The van der Waals surface area contributed by atoms with Crippen LogP contribution in [-0.2, 0) is 11.3 Å². The topological polar surface area (TPSA) is 62.2 Å². The minimum Gasteiger partial charge on any atom is -0.497 e. The van der Waals surface area contributed by atoms with Crippen molar-refractivity contribution in [2.45, 2.75) is 38.0 Å². The lowest BCUT2D eigenvalue weighted by atomic mass is 10.1. The van der Waals surface area contributed by atoms with Crippen molar-refractivity contribution in [1.29, 1.82) is 0 Å². The van der Waals surface area contributed by atoms with Crippen LogP contribution in [0.2, 0.25) is 0 Å². The predicted molar refractivity (Wildman–Crippen MR) is 111 cm³/mol. The third-order valence-corrected chi connectivity index (χ3v) is 5.56. The number of anilines is 1. The third-order valence-electron chi connectivity index (χ3n) is 5.56. The second-order valence-electron chi connectivity index (χ2n) is 7.86. The first-order valence-corrected chi connectivity index (χ1v) is 10.3. The number of aliphatic hydroxyl groups excluding tert-OH is 1. The fourth-order valence-electron chi connectivity index (χ4n) is 3.84.